The van der Waals surface area contributed by atoms with Gasteiger partial charge in [0.15, 0.2) is 0 Å². The average Bonchev–Trinajstić information content (AvgIpc) is 2.93. The van der Waals surface area contributed by atoms with Crippen LogP contribution in [0.3, 0.4) is 0 Å². The van der Waals surface area contributed by atoms with Crippen molar-refractivity contribution < 1.29 is 4.79 Å². The predicted octanol–water partition coefficient (Wildman–Crippen LogP) is 4.73. The smallest absolute Gasteiger partial charge is 0.267 e. The van der Waals surface area contributed by atoms with Gasteiger partial charge in [-0.1, -0.05) is 23.7 Å². The van der Waals surface area contributed by atoms with E-state index in [9.17, 15) is 4.79 Å². The summed E-state index contributed by atoms with van der Waals surface area (Å²) in [5.41, 5.74) is 3.07. The van der Waals surface area contributed by atoms with E-state index in [0.29, 0.717) is 21.3 Å². The Labute approximate surface area is 143 Å². The van der Waals surface area contributed by atoms with Crippen LogP contribution in [-0.4, -0.2) is 15.9 Å². The van der Waals surface area contributed by atoms with Crippen molar-refractivity contribution in [3.63, 3.8) is 0 Å². The second-order valence-electron chi connectivity index (χ2n) is 5.09. The van der Waals surface area contributed by atoms with Crippen LogP contribution >= 0.6 is 22.9 Å². The molecule has 3 rings (SSSR count). The largest absolute Gasteiger partial charge is 0.320 e. The molecule has 0 aliphatic carbocycles. The average molecular weight is 344 g/mol. The molecule has 23 heavy (non-hydrogen) atoms. The molecular weight excluding hydrogens is 330 g/mol. The van der Waals surface area contributed by atoms with Crippen LogP contribution in [0.15, 0.2) is 42.6 Å². The number of nitrogens with one attached hydrogen (secondary N) is 1. The maximum atomic E-state index is 12.5. The topological polar surface area (TPSA) is 54.9 Å². The van der Waals surface area contributed by atoms with Gasteiger partial charge in [-0.3, -0.25) is 9.78 Å². The summed E-state index contributed by atoms with van der Waals surface area (Å²) in [6, 6.07) is 11.1. The number of nitrogens with zero attached hydrogens (tertiary/aromatic N) is 2. The van der Waals surface area contributed by atoms with Gasteiger partial charge in [0.1, 0.15) is 9.88 Å². The number of rotatable bonds is 3. The van der Waals surface area contributed by atoms with E-state index in [4.69, 9.17) is 11.6 Å². The highest BCUT2D eigenvalue weighted by Gasteiger charge is 2.17. The molecule has 0 aliphatic heterocycles. The number of halogens is 1. The normalized spacial score (nSPS) is 10.6. The number of carbonyl (C=O) groups is 1. The van der Waals surface area contributed by atoms with Gasteiger partial charge < -0.3 is 5.32 Å². The molecule has 116 valence electrons. The predicted molar refractivity (Wildman–Crippen MR) is 94.2 cm³/mol. The Morgan fingerprint density at radius 2 is 2.04 bits per heavy atom. The first-order valence-electron chi connectivity index (χ1n) is 7.01. The van der Waals surface area contributed by atoms with Crippen molar-refractivity contribution in [3.8, 4) is 10.7 Å². The van der Waals surface area contributed by atoms with Gasteiger partial charge in [-0.25, -0.2) is 4.98 Å². The third-order valence-corrected chi connectivity index (χ3v) is 4.75. The minimum absolute atomic E-state index is 0.215. The zero-order valence-electron chi connectivity index (χ0n) is 12.6. The van der Waals surface area contributed by atoms with Crippen LogP contribution in [0.1, 0.15) is 20.9 Å². The molecule has 2 aromatic heterocycles. The van der Waals surface area contributed by atoms with Gasteiger partial charge in [0, 0.05) is 6.20 Å². The molecule has 4 nitrogen and oxygen atoms in total. The summed E-state index contributed by atoms with van der Waals surface area (Å²) in [4.78, 5) is 21.8. The first-order valence-corrected chi connectivity index (χ1v) is 8.20. The van der Waals surface area contributed by atoms with Gasteiger partial charge >= 0.3 is 0 Å². The van der Waals surface area contributed by atoms with Crippen molar-refractivity contribution in [2.75, 3.05) is 5.32 Å². The minimum Gasteiger partial charge on any atom is -0.320 e. The summed E-state index contributed by atoms with van der Waals surface area (Å²) in [6.07, 6.45) is 1.71. The summed E-state index contributed by atoms with van der Waals surface area (Å²) in [6.45, 7) is 3.76. The van der Waals surface area contributed by atoms with Crippen molar-refractivity contribution in [2.24, 2.45) is 0 Å². The summed E-state index contributed by atoms with van der Waals surface area (Å²) >= 11 is 7.49. The van der Waals surface area contributed by atoms with Crippen LogP contribution in [0, 0.1) is 13.8 Å². The van der Waals surface area contributed by atoms with Gasteiger partial charge in [0.25, 0.3) is 5.91 Å². The number of hydrogen-bond donors (Lipinski definition) is 1. The van der Waals surface area contributed by atoms with Gasteiger partial charge in [0.2, 0.25) is 0 Å². The Balaban J connectivity index is 1.87. The van der Waals surface area contributed by atoms with Gasteiger partial charge in [-0.2, -0.15) is 0 Å². The molecule has 0 radical (unpaired) electrons. The number of aromatic nitrogens is 2. The van der Waals surface area contributed by atoms with E-state index in [1.165, 1.54) is 11.3 Å². The van der Waals surface area contributed by atoms with Crippen molar-refractivity contribution in [1.29, 1.82) is 0 Å². The fourth-order valence-electron chi connectivity index (χ4n) is 2.11. The molecule has 0 saturated carbocycles. The molecule has 1 amide bonds. The zero-order valence-corrected chi connectivity index (χ0v) is 14.2. The van der Waals surface area contributed by atoms with Crippen LogP contribution < -0.4 is 5.32 Å². The van der Waals surface area contributed by atoms with Gasteiger partial charge in [-0.15, -0.1) is 11.3 Å². The third-order valence-electron chi connectivity index (χ3n) is 3.26. The molecule has 0 bridgehead atoms. The maximum Gasteiger partial charge on any atom is 0.267 e. The van der Waals surface area contributed by atoms with E-state index in [1.54, 1.807) is 12.3 Å². The molecule has 3 aromatic rings. The van der Waals surface area contributed by atoms with E-state index in [0.717, 1.165) is 16.3 Å². The van der Waals surface area contributed by atoms with E-state index < -0.39 is 0 Å². The summed E-state index contributed by atoms with van der Waals surface area (Å²) in [5.74, 6) is -0.215. The number of anilines is 1. The van der Waals surface area contributed by atoms with Crippen LogP contribution in [0.5, 0.6) is 0 Å². The summed E-state index contributed by atoms with van der Waals surface area (Å²) in [7, 11) is 0. The minimum atomic E-state index is -0.215. The van der Waals surface area contributed by atoms with Crippen LogP contribution in [-0.2, 0) is 0 Å². The fourth-order valence-corrected chi connectivity index (χ4v) is 3.33. The lowest BCUT2D eigenvalue weighted by molar-refractivity contribution is 0.103. The Morgan fingerprint density at radius 1 is 1.22 bits per heavy atom. The van der Waals surface area contributed by atoms with E-state index in [-0.39, 0.29) is 5.91 Å². The standard InChI is InChI=1S/C17H14ClN3OS/c1-10-6-7-13(12(18)9-10)21-16(22)15-11(2)20-17(23-15)14-5-3-4-8-19-14/h3-9H,1-2H3,(H,21,22). The number of carbonyl (C=O) groups excluding carboxylic acids is 1. The monoisotopic (exact) mass is 343 g/mol. The second-order valence-corrected chi connectivity index (χ2v) is 6.49. The highest BCUT2D eigenvalue weighted by Crippen LogP contribution is 2.28. The Morgan fingerprint density at radius 3 is 2.74 bits per heavy atom. The highest BCUT2D eigenvalue weighted by molar-refractivity contribution is 7.17. The van der Waals surface area contributed by atoms with Crippen LogP contribution in [0.4, 0.5) is 5.69 Å². The van der Waals surface area contributed by atoms with E-state index in [1.807, 2.05) is 44.2 Å². The molecule has 2 heterocycles. The molecule has 1 N–H and O–H groups in total. The highest BCUT2D eigenvalue weighted by atomic mass is 35.5. The quantitative estimate of drug-likeness (QED) is 0.748. The van der Waals surface area contributed by atoms with Crippen LogP contribution in [0.2, 0.25) is 5.02 Å². The molecule has 0 fully saturated rings. The maximum absolute atomic E-state index is 12.5. The fraction of sp³-hybridized carbons (Fsp3) is 0.118. The summed E-state index contributed by atoms with van der Waals surface area (Å²) in [5, 5.41) is 4.08. The lowest BCUT2D eigenvalue weighted by atomic mass is 10.2. The third kappa shape index (κ3) is 3.41. The molecule has 0 aliphatic rings. The Bertz CT molecular complexity index is 862. The van der Waals surface area contributed by atoms with Gasteiger partial charge in [0.05, 0.1) is 22.1 Å². The molecule has 6 heteroatoms. The number of thiazole rings is 1. The van der Waals surface area contributed by atoms with Crippen molar-refractivity contribution in [3.05, 3.63) is 63.8 Å². The SMILES string of the molecule is Cc1ccc(NC(=O)c2sc(-c3ccccn3)nc2C)c(Cl)c1. The Hall–Kier alpha value is -2.24. The molecule has 0 spiro atoms. The van der Waals surface area contributed by atoms with E-state index in [2.05, 4.69) is 15.3 Å². The second kappa shape index (κ2) is 6.48. The molecule has 0 atom stereocenters. The van der Waals surface area contributed by atoms with Crippen molar-refractivity contribution in [2.45, 2.75) is 13.8 Å². The number of aryl methyl sites for hydroxylation is 2. The number of hydrogen-bond acceptors (Lipinski definition) is 4. The summed E-state index contributed by atoms with van der Waals surface area (Å²) < 4.78 is 0. The molecular formula is C17H14ClN3OS. The number of amides is 1. The number of pyridine rings is 1. The first-order chi connectivity index (χ1) is 11.0. The molecule has 0 saturated heterocycles. The van der Waals surface area contributed by atoms with Crippen molar-refractivity contribution in [1.82, 2.24) is 9.97 Å². The lowest BCUT2D eigenvalue weighted by Crippen LogP contribution is -2.11. The van der Waals surface area contributed by atoms with E-state index >= 15 is 0 Å². The number of benzene rings is 1. The Kier molecular flexibility index (Phi) is 4.41. The van der Waals surface area contributed by atoms with Crippen molar-refractivity contribution >= 4 is 34.5 Å². The van der Waals surface area contributed by atoms with Crippen LogP contribution in [0.25, 0.3) is 10.7 Å². The lowest BCUT2D eigenvalue weighted by Gasteiger charge is -2.07. The molecule has 0 unspecified atom stereocenters. The molecule has 1 aromatic carbocycles. The first kappa shape index (κ1) is 15.6. The zero-order chi connectivity index (χ0) is 16.4. The van der Waals surface area contributed by atoms with Gasteiger partial charge in [-0.05, 0) is 43.7 Å².